The van der Waals surface area contributed by atoms with Gasteiger partial charge in [-0.2, -0.15) is 0 Å². The summed E-state index contributed by atoms with van der Waals surface area (Å²) in [6.07, 6.45) is 9.45. The highest BCUT2D eigenvalue weighted by Crippen LogP contribution is 2.31. The van der Waals surface area contributed by atoms with Crippen LogP contribution in [-0.4, -0.2) is 45.5 Å². The third-order valence-corrected chi connectivity index (χ3v) is 6.29. The van der Waals surface area contributed by atoms with E-state index in [1.165, 1.54) is 5.69 Å². The number of rotatable bonds is 3. The molecule has 2 unspecified atom stereocenters. The number of carbonyl (C=O) groups is 1. The Hall–Kier alpha value is -2.14. The van der Waals surface area contributed by atoms with Crippen LogP contribution in [-0.2, 0) is 16.6 Å². The molecule has 2 aromatic rings. The molecular formula is C24H33N3O2. The van der Waals surface area contributed by atoms with E-state index in [0.717, 1.165) is 43.8 Å². The average molecular weight is 396 g/mol. The van der Waals surface area contributed by atoms with Crippen LogP contribution < -0.4 is 0 Å². The highest BCUT2D eigenvalue weighted by Gasteiger charge is 2.30. The Morgan fingerprint density at radius 2 is 1.83 bits per heavy atom. The van der Waals surface area contributed by atoms with Gasteiger partial charge in [0.25, 0.3) is 5.91 Å². The van der Waals surface area contributed by atoms with Crippen LogP contribution in [0.1, 0.15) is 69.2 Å². The highest BCUT2D eigenvalue weighted by molar-refractivity contribution is 5.96. The van der Waals surface area contributed by atoms with Gasteiger partial charge in [-0.1, -0.05) is 32.9 Å². The maximum absolute atomic E-state index is 13.2. The van der Waals surface area contributed by atoms with Gasteiger partial charge in [0.05, 0.1) is 5.69 Å². The third kappa shape index (κ3) is 3.85. The Kier molecular flexibility index (Phi) is 5.28. The summed E-state index contributed by atoms with van der Waals surface area (Å²) >= 11 is 0. The number of carbonyl (C=O) groups excluding carboxylic acids is 1. The zero-order chi connectivity index (χ0) is 20.8. The van der Waals surface area contributed by atoms with Gasteiger partial charge in [0.2, 0.25) is 0 Å². The molecule has 0 aromatic carbocycles. The number of amides is 1. The Morgan fingerprint density at radius 1 is 1.17 bits per heavy atom. The molecule has 2 aliphatic heterocycles. The molecule has 2 atom stereocenters. The fourth-order valence-corrected chi connectivity index (χ4v) is 4.65. The van der Waals surface area contributed by atoms with Crippen molar-refractivity contribution < 1.29 is 9.53 Å². The molecule has 5 heteroatoms. The molecule has 2 aliphatic rings. The summed E-state index contributed by atoms with van der Waals surface area (Å²) in [5.41, 5.74) is 3.96. The van der Waals surface area contributed by atoms with E-state index in [9.17, 15) is 4.79 Å². The van der Waals surface area contributed by atoms with Crippen molar-refractivity contribution in [1.82, 2.24) is 14.3 Å². The average Bonchev–Trinajstić information content (AvgIpc) is 3.21. The predicted octanol–water partition coefficient (Wildman–Crippen LogP) is 4.39. The fraction of sp³-hybridized carbons (Fsp3) is 0.583. The molecule has 1 saturated heterocycles. The zero-order valence-corrected chi connectivity index (χ0v) is 18.3. The summed E-state index contributed by atoms with van der Waals surface area (Å²) < 4.78 is 7.74. The molecule has 156 valence electrons. The van der Waals surface area contributed by atoms with Gasteiger partial charge in [-0.25, -0.2) is 4.98 Å². The lowest BCUT2D eigenvalue weighted by Gasteiger charge is -2.26. The molecule has 0 bridgehead atoms. The Labute approximate surface area is 173 Å². The number of ether oxygens (including phenoxy) is 1. The van der Waals surface area contributed by atoms with E-state index in [4.69, 9.17) is 9.72 Å². The van der Waals surface area contributed by atoms with Gasteiger partial charge in [0.1, 0.15) is 5.65 Å². The summed E-state index contributed by atoms with van der Waals surface area (Å²) in [4.78, 5) is 20.1. The molecule has 1 amide bonds. The maximum atomic E-state index is 13.2. The maximum Gasteiger partial charge on any atom is 0.255 e. The second-order valence-corrected chi connectivity index (χ2v) is 9.64. The number of hydrogen-bond donors (Lipinski definition) is 0. The molecule has 0 aliphatic carbocycles. The van der Waals surface area contributed by atoms with Crippen LogP contribution in [0.15, 0.2) is 30.5 Å². The van der Waals surface area contributed by atoms with E-state index >= 15 is 0 Å². The van der Waals surface area contributed by atoms with Crippen LogP contribution in [0.5, 0.6) is 0 Å². The molecule has 0 saturated carbocycles. The SMILES string of the molecule is CC1C=CC(C)N1C(=O)c1ccn2c(CC3CCOCC3)c(C(C)(C)C)nc2c1. The highest BCUT2D eigenvalue weighted by atomic mass is 16.5. The van der Waals surface area contributed by atoms with Gasteiger partial charge < -0.3 is 14.0 Å². The standard InChI is InChI=1S/C24H33N3O2/c1-16-6-7-17(2)27(16)23(28)19-8-11-26-20(14-18-9-12-29-13-10-18)22(24(3,4)5)25-21(26)15-19/h6-8,11,15-18H,9-10,12-14H2,1-5H3. The normalized spacial score (nSPS) is 23.3. The van der Waals surface area contributed by atoms with Crippen molar-refractivity contribution in [3.63, 3.8) is 0 Å². The van der Waals surface area contributed by atoms with Crippen LogP contribution in [0, 0.1) is 5.92 Å². The van der Waals surface area contributed by atoms with Gasteiger partial charge in [-0.3, -0.25) is 4.79 Å². The Balaban J connectivity index is 1.71. The van der Waals surface area contributed by atoms with E-state index in [2.05, 4.69) is 51.2 Å². The van der Waals surface area contributed by atoms with Crippen molar-refractivity contribution in [1.29, 1.82) is 0 Å². The molecule has 1 fully saturated rings. The molecule has 2 aromatic heterocycles. The Morgan fingerprint density at radius 3 is 2.45 bits per heavy atom. The van der Waals surface area contributed by atoms with Gasteiger partial charge in [-0.15, -0.1) is 0 Å². The molecule has 29 heavy (non-hydrogen) atoms. The first-order valence-corrected chi connectivity index (χ1v) is 10.9. The first-order valence-electron chi connectivity index (χ1n) is 10.9. The first-order chi connectivity index (χ1) is 13.8. The molecular weight excluding hydrogens is 362 g/mol. The van der Waals surface area contributed by atoms with E-state index in [1.54, 1.807) is 0 Å². The lowest BCUT2D eigenvalue weighted by molar-refractivity contribution is 0.0660. The lowest BCUT2D eigenvalue weighted by Crippen LogP contribution is -2.39. The summed E-state index contributed by atoms with van der Waals surface area (Å²) in [5.74, 6) is 0.701. The van der Waals surface area contributed by atoms with Crippen molar-refractivity contribution in [2.45, 2.75) is 71.4 Å². The third-order valence-electron chi connectivity index (χ3n) is 6.29. The summed E-state index contributed by atoms with van der Waals surface area (Å²) in [6, 6.07) is 4.17. The van der Waals surface area contributed by atoms with Crippen molar-refractivity contribution >= 4 is 11.6 Å². The minimum Gasteiger partial charge on any atom is -0.381 e. The van der Waals surface area contributed by atoms with Crippen molar-refractivity contribution in [2.24, 2.45) is 5.92 Å². The second kappa shape index (κ2) is 7.60. The number of nitrogens with zero attached hydrogens (tertiary/aromatic N) is 3. The van der Waals surface area contributed by atoms with Crippen LogP contribution in [0.4, 0.5) is 0 Å². The van der Waals surface area contributed by atoms with Gasteiger partial charge in [0.15, 0.2) is 0 Å². The fourth-order valence-electron chi connectivity index (χ4n) is 4.65. The topological polar surface area (TPSA) is 46.8 Å². The number of imidazole rings is 1. The van der Waals surface area contributed by atoms with Gasteiger partial charge in [0, 0.05) is 48.2 Å². The first kappa shape index (κ1) is 20.1. The quantitative estimate of drug-likeness (QED) is 0.724. The van der Waals surface area contributed by atoms with Gasteiger partial charge in [-0.05, 0) is 51.2 Å². The Bertz CT molecular complexity index is 919. The molecule has 0 radical (unpaired) electrons. The zero-order valence-electron chi connectivity index (χ0n) is 18.3. The second-order valence-electron chi connectivity index (χ2n) is 9.64. The van der Waals surface area contributed by atoms with E-state index in [0.29, 0.717) is 11.5 Å². The van der Waals surface area contributed by atoms with E-state index in [1.807, 2.05) is 23.2 Å². The largest absolute Gasteiger partial charge is 0.381 e. The minimum absolute atomic E-state index is 0.0431. The number of hydrogen-bond acceptors (Lipinski definition) is 3. The monoisotopic (exact) mass is 395 g/mol. The summed E-state index contributed by atoms with van der Waals surface area (Å²) in [7, 11) is 0. The minimum atomic E-state index is -0.0431. The van der Waals surface area contributed by atoms with Crippen LogP contribution >= 0.6 is 0 Å². The molecule has 0 N–H and O–H groups in total. The molecule has 5 nitrogen and oxygen atoms in total. The van der Waals surface area contributed by atoms with Crippen LogP contribution in [0.3, 0.4) is 0 Å². The molecule has 0 spiro atoms. The predicted molar refractivity (Wildman–Crippen MR) is 115 cm³/mol. The number of aromatic nitrogens is 2. The summed E-state index contributed by atoms with van der Waals surface area (Å²) in [5, 5.41) is 0. The van der Waals surface area contributed by atoms with Gasteiger partial charge >= 0.3 is 0 Å². The van der Waals surface area contributed by atoms with Crippen LogP contribution in [0.25, 0.3) is 5.65 Å². The van der Waals surface area contributed by atoms with Crippen molar-refractivity contribution in [2.75, 3.05) is 13.2 Å². The molecule has 4 rings (SSSR count). The van der Waals surface area contributed by atoms with Crippen molar-refractivity contribution in [3.05, 3.63) is 47.4 Å². The van der Waals surface area contributed by atoms with E-state index < -0.39 is 0 Å². The van der Waals surface area contributed by atoms with Crippen molar-refractivity contribution in [3.8, 4) is 0 Å². The summed E-state index contributed by atoms with van der Waals surface area (Å²) in [6.45, 7) is 12.5. The lowest BCUT2D eigenvalue weighted by atomic mass is 9.86. The number of pyridine rings is 1. The number of fused-ring (bicyclic) bond motifs is 1. The van der Waals surface area contributed by atoms with E-state index in [-0.39, 0.29) is 23.4 Å². The van der Waals surface area contributed by atoms with Crippen LogP contribution in [0.2, 0.25) is 0 Å². The smallest absolute Gasteiger partial charge is 0.255 e. The molecule has 4 heterocycles.